The van der Waals surface area contributed by atoms with Gasteiger partial charge in [-0.2, -0.15) is 5.26 Å². The Bertz CT molecular complexity index is 849. The van der Waals surface area contributed by atoms with Gasteiger partial charge in [0.2, 0.25) is 0 Å². The standard InChI is InChI=1S/C19H26N4.C2H3N.2ClHO4.Mn/c1-16-6-3-8-18(20-16)14-22-10-5-11-23(13-12-22)15-19-9-4-7-17(2)21-19;1-2-3;2*2-1(3,4)5;/h3-4,6-9H,5,10-15H2,1-2H3;1H3;2*(H,2,3,4,5);/q;;;;+2/p-2. The summed E-state index contributed by atoms with van der Waals surface area (Å²) < 4.78 is 67.9. The summed E-state index contributed by atoms with van der Waals surface area (Å²) in [5.41, 5.74) is 4.56. The number of pyridine rings is 2. The van der Waals surface area contributed by atoms with Crippen molar-refractivity contribution < 1.29 is 74.8 Å². The number of halogens is 2. The van der Waals surface area contributed by atoms with E-state index in [1.54, 1.807) is 6.07 Å². The maximum absolute atomic E-state index is 8.49. The first-order valence-corrected chi connectivity index (χ1v) is 12.9. The molecule has 13 nitrogen and oxygen atoms in total. The number of aryl methyl sites for hydroxylation is 2. The number of nitrogens with zero attached hydrogens (tertiary/aromatic N) is 5. The second-order valence-corrected chi connectivity index (χ2v) is 8.94. The average molecular weight is 605 g/mol. The van der Waals surface area contributed by atoms with Gasteiger partial charge in [-0.15, -0.1) is 20.5 Å². The van der Waals surface area contributed by atoms with E-state index in [1.807, 2.05) is 0 Å². The first-order chi connectivity index (χ1) is 16.6. The quantitative estimate of drug-likeness (QED) is 0.295. The predicted octanol–water partition coefficient (Wildman–Crippen LogP) is -6.18. The van der Waals surface area contributed by atoms with Crippen molar-refractivity contribution in [3.05, 3.63) is 59.2 Å². The minimum Gasteiger partial charge on any atom is -0.296 e. The minimum absolute atomic E-state index is 0. The number of nitriles is 1. The average Bonchev–Trinajstić information content (AvgIpc) is 2.91. The first kappa shape index (κ1) is 37.6. The third kappa shape index (κ3) is 25.9. The molecular formula is C21H29Cl2MnN5O8. The van der Waals surface area contributed by atoms with Gasteiger partial charge < -0.3 is 0 Å². The zero-order valence-corrected chi connectivity index (χ0v) is 23.2. The Kier molecular flexibility index (Phi) is 19.9. The third-order valence-corrected chi connectivity index (χ3v) is 4.34. The van der Waals surface area contributed by atoms with Crippen molar-refractivity contribution in [1.29, 1.82) is 5.26 Å². The summed E-state index contributed by atoms with van der Waals surface area (Å²) in [7, 11) is -9.89. The fourth-order valence-electron chi connectivity index (χ4n) is 3.17. The van der Waals surface area contributed by atoms with Crippen molar-refractivity contribution in [2.45, 2.75) is 40.3 Å². The Hall–Kier alpha value is -1.51. The predicted molar refractivity (Wildman–Crippen MR) is 104 cm³/mol. The molecular weight excluding hydrogens is 576 g/mol. The van der Waals surface area contributed by atoms with Gasteiger partial charge in [0, 0.05) is 44.5 Å². The van der Waals surface area contributed by atoms with Gasteiger partial charge in [0.05, 0.1) is 17.5 Å². The Morgan fingerprint density at radius 3 is 1.30 bits per heavy atom. The van der Waals surface area contributed by atoms with Crippen LogP contribution in [0.25, 0.3) is 0 Å². The van der Waals surface area contributed by atoms with Crippen LogP contribution in [0.3, 0.4) is 0 Å². The molecule has 0 bridgehead atoms. The van der Waals surface area contributed by atoms with Crippen molar-refractivity contribution in [2.24, 2.45) is 0 Å². The molecule has 0 atom stereocenters. The van der Waals surface area contributed by atoms with Crippen molar-refractivity contribution in [3.8, 4) is 6.07 Å². The second-order valence-electron chi connectivity index (χ2n) is 7.43. The fraction of sp³-hybridized carbons (Fsp3) is 0.476. The maximum atomic E-state index is 8.49. The van der Waals surface area contributed by atoms with E-state index in [-0.39, 0.29) is 17.1 Å². The molecule has 1 aliphatic heterocycles. The van der Waals surface area contributed by atoms with Crippen molar-refractivity contribution in [2.75, 3.05) is 26.2 Å². The summed E-state index contributed by atoms with van der Waals surface area (Å²) in [6.07, 6.45) is 1.21. The minimum atomic E-state index is -4.94. The first-order valence-electron chi connectivity index (χ1n) is 10.4. The summed E-state index contributed by atoms with van der Waals surface area (Å²) >= 11 is 0. The summed E-state index contributed by atoms with van der Waals surface area (Å²) in [4.78, 5) is 14.3. The van der Waals surface area contributed by atoms with E-state index in [4.69, 9.17) is 42.5 Å². The molecule has 0 aromatic carbocycles. The third-order valence-electron chi connectivity index (χ3n) is 4.34. The molecule has 3 rings (SSSR count). The molecule has 0 amide bonds. The van der Waals surface area contributed by atoms with Crippen molar-refractivity contribution in [1.82, 2.24) is 19.8 Å². The van der Waals surface area contributed by atoms with E-state index in [1.165, 1.54) is 24.7 Å². The van der Waals surface area contributed by atoms with Gasteiger partial charge in [0.15, 0.2) is 0 Å². The van der Waals surface area contributed by atoms with Crippen LogP contribution in [0.5, 0.6) is 0 Å². The van der Waals surface area contributed by atoms with Crippen LogP contribution >= 0.6 is 0 Å². The smallest absolute Gasteiger partial charge is 0.296 e. The van der Waals surface area contributed by atoms with Gasteiger partial charge in [0.1, 0.15) is 0 Å². The normalized spacial score (nSPS) is 14.1. The summed E-state index contributed by atoms with van der Waals surface area (Å²) in [5.74, 6) is 0. The Labute approximate surface area is 231 Å². The maximum Gasteiger partial charge on any atom is 2.00 e. The van der Waals surface area contributed by atoms with E-state index >= 15 is 0 Å². The summed E-state index contributed by atoms with van der Waals surface area (Å²) in [5, 5.41) is 7.32. The molecule has 0 spiro atoms. The van der Waals surface area contributed by atoms with Gasteiger partial charge in [-0.3, -0.25) is 19.8 Å². The largest absolute Gasteiger partial charge is 2.00 e. The van der Waals surface area contributed by atoms with E-state index in [2.05, 4.69) is 70.0 Å². The zero-order valence-electron chi connectivity index (χ0n) is 20.5. The SMILES string of the molecule is CC#N.Cc1cccc(CN2CCCN(Cc3cccc(C)n3)CC2)n1.[Mn+2].[O-][Cl+3]([O-])([O-])[O-].[O-][Cl+3]([O-])([O-])[O-]. The van der Waals surface area contributed by atoms with Gasteiger partial charge in [-0.1, -0.05) is 12.1 Å². The van der Waals surface area contributed by atoms with Crippen LogP contribution in [0.4, 0.5) is 0 Å². The Morgan fingerprint density at radius 2 is 1.03 bits per heavy atom. The molecule has 0 N–H and O–H groups in total. The van der Waals surface area contributed by atoms with E-state index in [9.17, 15) is 0 Å². The van der Waals surface area contributed by atoms with Crippen LogP contribution in [0.1, 0.15) is 36.1 Å². The molecule has 0 unspecified atom stereocenters. The fourth-order valence-corrected chi connectivity index (χ4v) is 3.17. The molecule has 0 aliphatic carbocycles. The monoisotopic (exact) mass is 604 g/mol. The number of rotatable bonds is 4. The second kappa shape index (κ2) is 19.5. The molecule has 16 heteroatoms. The van der Waals surface area contributed by atoms with Crippen molar-refractivity contribution in [3.63, 3.8) is 0 Å². The molecule has 3 heterocycles. The van der Waals surface area contributed by atoms with Crippen LogP contribution in [-0.2, 0) is 30.2 Å². The van der Waals surface area contributed by atoms with Gasteiger partial charge in [0.25, 0.3) is 0 Å². The number of hydrogen-bond acceptors (Lipinski definition) is 13. The summed E-state index contributed by atoms with van der Waals surface area (Å²) in [6, 6.07) is 14.3. The van der Waals surface area contributed by atoms with Crippen LogP contribution in [0.2, 0.25) is 0 Å². The van der Waals surface area contributed by atoms with Crippen molar-refractivity contribution >= 4 is 0 Å². The van der Waals surface area contributed by atoms with E-state index in [0.29, 0.717) is 0 Å². The number of aromatic nitrogens is 2. The van der Waals surface area contributed by atoms with Crippen LogP contribution in [0, 0.1) is 45.7 Å². The molecule has 37 heavy (non-hydrogen) atoms. The van der Waals surface area contributed by atoms with E-state index < -0.39 is 20.5 Å². The summed E-state index contributed by atoms with van der Waals surface area (Å²) in [6.45, 7) is 11.9. The zero-order chi connectivity index (χ0) is 27.8. The van der Waals surface area contributed by atoms with Gasteiger partial charge >= 0.3 is 17.1 Å². The molecule has 2 aromatic rings. The van der Waals surface area contributed by atoms with Gasteiger partial charge in [-0.25, -0.2) is 37.3 Å². The molecule has 2 aromatic heterocycles. The Morgan fingerprint density at radius 1 is 0.730 bits per heavy atom. The van der Waals surface area contributed by atoms with Crippen LogP contribution in [0.15, 0.2) is 36.4 Å². The molecule has 1 saturated heterocycles. The molecule has 1 aliphatic rings. The Balaban J connectivity index is 0. The van der Waals surface area contributed by atoms with E-state index in [0.717, 1.165) is 50.7 Å². The molecule has 207 valence electrons. The molecule has 0 saturated carbocycles. The van der Waals surface area contributed by atoms with Crippen LogP contribution in [-0.4, -0.2) is 45.9 Å². The number of hydrogen-bond donors (Lipinski definition) is 0. The molecule has 1 radical (unpaired) electrons. The molecule has 1 fully saturated rings. The van der Waals surface area contributed by atoms with Crippen LogP contribution < -0.4 is 37.3 Å². The topological polar surface area (TPSA) is 241 Å². The van der Waals surface area contributed by atoms with Gasteiger partial charge in [-0.05, 0) is 57.6 Å².